The number of nitrogens with one attached hydrogen (secondary N) is 1. The van der Waals surface area contributed by atoms with Crippen molar-refractivity contribution in [1.82, 2.24) is 4.98 Å². The van der Waals surface area contributed by atoms with Crippen LogP contribution in [0.1, 0.15) is 0 Å². The lowest BCUT2D eigenvalue weighted by Gasteiger charge is -2.10. The highest BCUT2D eigenvalue weighted by molar-refractivity contribution is 6.39. The lowest BCUT2D eigenvalue weighted by Crippen LogP contribution is -1.93. The minimum Gasteiger partial charge on any atom is -0.353 e. The third kappa shape index (κ3) is 3.00. The lowest BCUT2D eigenvalue weighted by molar-refractivity contribution is 0.628. The smallest absolute Gasteiger partial charge is 0.131 e. The molecule has 0 spiro atoms. The van der Waals surface area contributed by atoms with E-state index in [9.17, 15) is 4.39 Å². The van der Waals surface area contributed by atoms with E-state index in [-0.39, 0.29) is 10.0 Å². The van der Waals surface area contributed by atoms with Gasteiger partial charge < -0.3 is 5.32 Å². The second kappa shape index (κ2) is 5.08. The normalized spacial score (nSPS) is 10.4. The van der Waals surface area contributed by atoms with E-state index in [0.29, 0.717) is 16.5 Å². The molecule has 0 atom stereocenters. The van der Waals surface area contributed by atoms with Crippen molar-refractivity contribution in [3.8, 4) is 0 Å². The molecule has 6 heteroatoms. The average molecular weight is 292 g/mol. The Hall–Kier alpha value is -1.03. The Kier molecular flexibility index (Phi) is 3.72. The first-order valence-electron chi connectivity index (χ1n) is 4.59. The average Bonchev–Trinajstić information content (AvgIpc) is 2.23. The molecule has 1 N–H and O–H groups in total. The van der Waals surface area contributed by atoms with Gasteiger partial charge in [-0.3, -0.25) is 0 Å². The fourth-order valence-corrected chi connectivity index (χ4v) is 2.01. The molecule has 1 heterocycles. The van der Waals surface area contributed by atoms with E-state index in [0.717, 1.165) is 0 Å². The number of rotatable bonds is 2. The Morgan fingerprint density at radius 3 is 2.29 bits per heavy atom. The summed E-state index contributed by atoms with van der Waals surface area (Å²) in [4.78, 5) is 3.84. The van der Waals surface area contributed by atoms with Crippen molar-refractivity contribution in [1.29, 1.82) is 0 Å². The van der Waals surface area contributed by atoms with E-state index >= 15 is 0 Å². The number of nitrogens with zero attached hydrogens (tertiary/aromatic N) is 1. The zero-order valence-corrected chi connectivity index (χ0v) is 10.6. The Balaban J connectivity index is 2.36. The number of aromatic nitrogens is 1. The maximum Gasteiger partial charge on any atom is 0.131 e. The molecule has 0 fully saturated rings. The highest BCUT2D eigenvalue weighted by Crippen LogP contribution is 2.33. The number of pyridine rings is 1. The maximum absolute atomic E-state index is 13.0. The molecule has 0 aliphatic carbocycles. The van der Waals surface area contributed by atoms with Crippen molar-refractivity contribution in [2.75, 3.05) is 5.32 Å². The predicted octanol–water partition coefficient (Wildman–Crippen LogP) is 4.92. The van der Waals surface area contributed by atoms with Crippen LogP contribution in [0.15, 0.2) is 30.5 Å². The van der Waals surface area contributed by atoms with Crippen molar-refractivity contribution in [3.63, 3.8) is 0 Å². The van der Waals surface area contributed by atoms with Gasteiger partial charge in [-0.15, -0.1) is 0 Å². The van der Waals surface area contributed by atoms with Gasteiger partial charge in [0.15, 0.2) is 0 Å². The first-order valence-corrected chi connectivity index (χ1v) is 5.73. The summed E-state index contributed by atoms with van der Waals surface area (Å²) in [7, 11) is 0. The monoisotopic (exact) mass is 290 g/mol. The second-order valence-electron chi connectivity index (χ2n) is 3.24. The van der Waals surface area contributed by atoms with Crippen LogP contribution in [0.3, 0.4) is 0 Å². The molecule has 88 valence electrons. The number of benzene rings is 1. The Labute approximate surface area is 112 Å². The Bertz CT molecular complexity index is 537. The van der Waals surface area contributed by atoms with E-state index in [1.54, 1.807) is 12.1 Å². The van der Waals surface area contributed by atoms with E-state index in [2.05, 4.69) is 10.3 Å². The highest BCUT2D eigenvalue weighted by atomic mass is 35.5. The van der Waals surface area contributed by atoms with Crippen LogP contribution in [0, 0.1) is 5.82 Å². The third-order valence-corrected chi connectivity index (χ3v) is 2.81. The van der Waals surface area contributed by atoms with E-state index < -0.39 is 5.82 Å². The zero-order chi connectivity index (χ0) is 12.4. The number of hydrogen-bond donors (Lipinski definition) is 1. The first-order chi connectivity index (χ1) is 8.06. The molecule has 0 bridgehead atoms. The molecule has 1 aromatic carbocycles. The standard InChI is InChI=1S/C11H6Cl3FN2/c12-8-3-6(15)4-9(13)11(8)17-7-1-2-16-10(14)5-7/h1-5H,(H,16,17). The molecule has 0 saturated carbocycles. The van der Waals surface area contributed by atoms with E-state index in [1.807, 2.05) is 0 Å². The SMILES string of the molecule is Fc1cc(Cl)c(Nc2ccnc(Cl)c2)c(Cl)c1. The molecule has 0 amide bonds. The summed E-state index contributed by atoms with van der Waals surface area (Å²) in [5, 5.41) is 3.69. The molecular weight excluding hydrogens is 285 g/mol. The zero-order valence-electron chi connectivity index (χ0n) is 8.35. The van der Waals surface area contributed by atoms with Gasteiger partial charge in [-0.05, 0) is 24.3 Å². The van der Waals surface area contributed by atoms with Crippen LogP contribution < -0.4 is 5.32 Å². The minimum absolute atomic E-state index is 0.197. The van der Waals surface area contributed by atoms with Crippen molar-refractivity contribution >= 4 is 46.2 Å². The molecular formula is C11H6Cl3FN2. The molecule has 2 rings (SSSR count). The van der Waals surface area contributed by atoms with Gasteiger partial charge in [-0.1, -0.05) is 34.8 Å². The van der Waals surface area contributed by atoms with E-state index in [4.69, 9.17) is 34.8 Å². The van der Waals surface area contributed by atoms with Gasteiger partial charge in [0.2, 0.25) is 0 Å². The third-order valence-electron chi connectivity index (χ3n) is 2.00. The summed E-state index contributed by atoms with van der Waals surface area (Å²) in [6, 6.07) is 5.66. The number of anilines is 2. The number of hydrogen-bond acceptors (Lipinski definition) is 2. The van der Waals surface area contributed by atoms with Crippen LogP contribution in [0.25, 0.3) is 0 Å². The molecule has 0 unspecified atom stereocenters. The van der Waals surface area contributed by atoms with Gasteiger partial charge in [0.05, 0.1) is 15.7 Å². The summed E-state index contributed by atoms with van der Waals surface area (Å²) in [5.41, 5.74) is 1.09. The van der Waals surface area contributed by atoms with Crippen LogP contribution >= 0.6 is 34.8 Å². The molecule has 1 aromatic heterocycles. The largest absolute Gasteiger partial charge is 0.353 e. The molecule has 0 saturated heterocycles. The van der Waals surface area contributed by atoms with Gasteiger partial charge in [0, 0.05) is 11.9 Å². The summed E-state index contributed by atoms with van der Waals surface area (Å²) in [6.45, 7) is 0. The molecule has 0 radical (unpaired) electrons. The summed E-state index contributed by atoms with van der Waals surface area (Å²) in [5.74, 6) is -0.488. The summed E-state index contributed by atoms with van der Waals surface area (Å²) in [6.07, 6.45) is 1.54. The predicted molar refractivity (Wildman–Crippen MR) is 68.9 cm³/mol. The quantitative estimate of drug-likeness (QED) is 0.794. The van der Waals surface area contributed by atoms with E-state index in [1.165, 1.54) is 18.3 Å². The van der Waals surface area contributed by atoms with Crippen LogP contribution in [0.5, 0.6) is 0 Å². The molecule has 0 aliphatic heterocycles. The van der Waals surface area contributed by atoms with Crippen LogP contribution in [0.2, 0.25) is 15.2 Å². The molecule has 2 nitrogen and oxygen atoms in total. The first kappa shape index (κ1) is 12.4. The van der Waals surface area contributed by atoms with Gasteiger partial charge in [-0.25, -0.2) is 9.37 Å². The fraction of sp³-hybridized carbons (Fsp3) is 0. The van der Waals surface area contributed by atoms with Gasteiger partial charge in [0.25, 0.3) is 0 Å². The topological polar surface area (TPSA) is 24.9 Å². The van der Waals surface area contributed by atoms with Gasteiger partial charge in [0.1, 0.15) is 11.0 Å². The fourth-order valence-electron chi connectivity index (χ4n) is 1.29. The van der Waals surface area contributed by atoms with Gasteiger partial charge in [-0.2, -0.15) is 0 Å². The number of halogens is 4. The molecule has 17 heavy (non-hydrogen) atoms. The molecule has 0 aliphatic rings. The minimum atomic E-state index is -0.488. The second-order valence-corrected chi connectivity index (χ2v) is 4.44. The summed E-state index contributed by atoms with van der Waals surface area (Å²) >= 11 is 17.5. The van der Waals surface area contributed by atoms with Crippen molar-refractivity contribution in [3.05, 3.63) is 51.5 Å². The summed E-state index contributed by atoms with van der Waals surface area (Å²) < 4.78 is 13.0. The Morgan fingerprint density at radius 1 is 1.06 bits per heavy atom. The van der Waals surface area contributed by atoms with Crippen molar-refractivity contribution < 1.29 is 4.39 Å². The molecule has 2 aromatic rings. The van der Waals surface area contributed by atoms with Crippen LogP contribution in [-0.4, -0.2) is 4.98 Å². The Morgan fingerprint density at radius 2 is 1.71 bits per heavy atom. The highest BCUT2D eigenvalue weighted by Gasteiger charge is 2.08. The van der Waals surface area contributed by atoms with Crippen LogP contribution in [0.4, 0.5) is 15.8 Å². The van der Waals surface area contributed by atoms with Crippen LogP contribution in [-0.2, 0) is 0 Å². The maximum atomic E-state index is 13.0. The van der Waals surface area contributed by atoms with Crippen molar-refractivity contribution in [2.45, 2.75) is 0 Å². The lowest BCUT2D eigenvalue weighted by atomic mass is 10.3. The van der Waals surface area contributed by atoms with Gasteiger partial charge >= 0.3 is 0 Å². The van der Waals surface area contributed by atoms with Crippen molar-refractivity contribution in [2.24, 2.45) is 0 Å².